The third-order valence-electron chi connectivity index (χ3n) is 2.31. The number of aliphatic hydroxyl groups is 2. The molecule has 0 aliphatic rings. The summed E-state index contributed by atoms with van der Waals surface area (Å²) < 4.78 is 1.66. The summed E-state index contributed by atoms with van der Waals surface area (Å²) in [6, 6.07) is 7.53. The maximum Gasteiger partial charge on any atom is 0.0942 e. The van der Waals surface area contributed by atoms with Gasteiger partial charge in [-0.3, -0.25) is 0 Å². The van der Waals surface area contributed by atoms with E-state index < -0.39 is 6.10 Å². The molecule has 6 nitrogen and oxygen atoms in total. The molecule has 2 aromatic rings. The molecular formula is C11H14N4O2. The van der Waals surface area contributed by atoms with E-state index in [1.807, 2.05) is 24.3 Å². The van der Waals surface area contributed by atoms with Gasteiger partial charge in [0.05, 0.1) is 30.8 Å². The number of nitrogens with zero attached hydrogens (tertiary/aromatic N) is 3. The molecule has 1 unspecified atom stereocenters. The number of aromatic nitrogens is 3. The first-order valence-corrected chi connectivity index (χ1v) is 5.29. The smallest absolute Gasteiger partial charge is 0.0942 e. The summed E-state index contributed by atoms with van der Waals surface area (Å²) in [5.74, 6) is 0. The van der Waals surface area contributed by atoms with Gasteiger partial charge in [-0.2, -0.15) is 0 Å². The highest BCUT2D eigenvalue weighted by molar-refractivity contribution is 5.48. The van der Waals surface area contributed by atoms with Crippen LogP contribution in [0.2, 0.25) is 0 Å². The number of aliphatic hydroxyl groups excluding tert-OH is 2. The van der Waals surface area contributed by atoms with E-state index in [9.17, 15) is 5.11 Å². The molecule has 1 atom stereocenters. The van der Waals surface area contributed by atoms with Gasteiger partial charge in [0.25, 0.3) is 0 Å². The van der Waals surface area contributed by atoms with Crippen LogP contribution in [0.15, 0.2) is 36.7 Å². The molecule has 2 rings (SSSR count). The maximum atomic E-state index is 9.19. The first kappa shape index (κ1) is 11.6. The molecule has 0 spiro atoms. The third-order valence-corrected chi connectivity index (χ3v) is 2.31. The molecule has 6 heteroatoms. The average Bonchev–Trinajstić information content (AvgIpc) is 2.90. The number of anilines is 1. The Morgan fingerprint density at radius 3 is 2.65 bits per heavy atom. The van der Waals surface area contributed by atoms with Gasteiger partial charge < -0.3 is 15.5 Å². The molecule has 0 fully saturated rings. The molecular weight excluding hydrogens is 220 g/mol. The molecule has 0 aliphatic carbocycles. The lowest BCUT2D eigenvalue weighted by molar-refractivity contribution is 0.105. The highest BCUT2D eigenvalue weighted by Crippen LogP contribution is 2.11. The molecule has 0 aliphatic heterocycles. The lowest BCUT2D eigenvalue weighted by Gasteiger charge is -2.10. The van der Waals surface area contributed by atoms with Crippen LogP contribution in [-0.2, 0) is 0 Å². The van der Waals surface area contributed by atoms with Gasteiger partial charge in [-0.1, -0.05) is 5.21 Å². The van der Waals surface area contributed by atoms with Gasteiger partial charge in [0.2, 0.25) is 0 Å². The largest absolute Gasteiger partial charge is 0.394 e. The monoisotopic (exact) mass is 234 g/mol. The molecule has 0 amide bonds. The van der Waals surface area contributed by atoms with Crippen LogP contribution in [0.3, 0.4) is 0 Å². The lowest BCUT2D eigenvalue weighted by Crippen LogP contribution is -2.22. The molecule has 0 saturated heterocycles. The molecule has 1 heterocycles. The Bertz CT molecular complexity index is 441. The van der Waals surface area contributed by atoms with E-state index in [4.69, 9.17) is 5.11 Å². The zero-order valence-corrected chi connectivity index (χ0v) is 9.19. The maximum absolute atomic E-state index is 9.19. The Hall–Kier alpha value is -1.92. The lowest BCUT2D eigenvalue weighted by atomic mass is 10.2. The van der Waals surface area contributed by atoms with E-state index in [0.29, 0.717) is 6.54 Å². The Kier molecular flexibility index (Phi) is 3.69. The minimum absolute atomic E-state index is 0.246. The van der Waals surface area contributed by atoms with E-state index in [0.717, 1.165) is 11.4 Å². The summed E-state index contributed by atoms with van der Waals surface area (Å²) in [7, 11) is 0. The van der Waals surface area contributed by atoms with E-state index >= 15 is 0 Å². The van der Waals surface area contributed by atoms with Crippen molar-refractivity contribution in [3.05, 3.63) is 36.7 Å². The number of nitrogens with one attached hydrogen (secondary N) is 1. The molecule has 1 aromatic heterocycles. The Morgan fingerprint density at radius 1 is 1.29 bits per heavy atom. The minimum Gasteiger partial charge on any atom is -0.394 e. The van der Waals surface area contributed by atoms with Crippen LogP contribution in [0.5, 0.6) is 0 Å². The average molecular weight is 234 g/mol. The molecule has 0 radical (unpaired) electrons. The fourth-order valence-corrected chi connectivity index (χ4v) is 1.38. The first-order chi connectivity index (χ1) is 8.29. The van der Waals surface area contributed by atoms with Gasteiger partial charge in [-0.05, 0) is 24.3 Å². The Labute approximate surface area is 98.5 Å². The Balaban J connectivity index is 1.99. The number of rotatable bonds is 5. The minimum atomic E-state index is -0.745. The predicted molar refractivity (Wildman–Crippen MR) is 62.9 cm³/mol. The van der Waals surface area contributed by atoms with Crippen molar-refractivity contribution in [3.8, 4) is 5.69 Å². The number of hydrogen-bond acceptors (Lipinski definition) is 5. The zero-order valence-electron chi connectivity index (χ0n) is 9.19. The predicted octanol–water partition coefficient (Wildman–Crippen LogP) is 0.0324. The van der Waals surface area contributed by atoms with Crippen molar-refractivity contribution in [1.29, 1.82) is 0 Å². The van der Waals surface area contributed by atoms with E-state index in [-0.39, 0.29) is 6.61 Å². The second kappa shape index (κ2) is 5.42. The van der Waals surface area contributed by atoms with Crippen LogP contribution in [0, 0.1) is 0 Å². The quantitative estimate of drug-likeness (QED) is 0.680. The standard InChI is InChI=1S/C11H14N4O2/c16-8-11(17)7-12-9-1-3-10(4-2-9)15-6-5-13-14-15/h1-6,11-12,16-17H,7-8H2. The van der Waals surface area contributed by atoms with Gasteiger partial charge >= 0.3 is 0 Å². The van der Waals surface area contributed by atoms with Crippen molar-refractivity contribution < 1.29 is 10.2 Å². The Morgan fingerprint density at radius 2 is 2.06 bits per heavy atom. The summed E-state index contributed by atoms with van der Waals surface area (Å²) in [6.45, 7) is 0.0726. The van der Waals surface area contributed by atoms with Crippen molar-refractivity contribution in [2.45, 2.75) is 6.10 Å². The van der Waals surface area contributed by atoms with Crippen LogP contribution in [0.1, 0.15) is 0 Å². The summed E-state index contributed by atoms with van der Waals surface area (Å²) in [5, 5.41) is 28.5. The molecule has 3 N–H and O–H groups in total. The topological polar surface area (TPSA) is 83.2 Å². The van der Waals surface area contributed by atoms with Crippen LogP contribution in [-0.4, -0.2) is 44.5 Å². The first-order valence-electron chi connectivity index (χ1n) is 5.29. The van der Waals surface area contributed by atoms with Crippen molar-refractivity contribution >= 4 is 5.69 Å². The van der Waals surface area contributed by atoms with E-state index in [1.165, 1.54) is 0 Å². The van der Waals surface area contributed by atoms with Crippen molar-refractivity contribution in [2.75, 3.05) is 18.5 Å². The number of benzene rings is 1. The molecule has 0 saturated carbocycles. The highest BCUT2D eigenvalue weighted by Gasteiger charge is 2.01. The van der Waals surface area contributed by atoms with Gasteiger partial charge in [0, 0.05) is 12.2 Å². The fraction of sp³-hybridized carbons (Fsp3) is 0.273. The van der Waals surface area contributed by atoms with Crippen molar-refractivity contribution in [3.63, 3.8) is 0 Å². The fourth-order valence-electron chi connectivity index (χ4n) is 1.38. The molecule has 0 bridgehead atoms. The summed E-state index contributed by atoms with van der Waals surface area (Å²) >= 11 is 0. The van der Waals surface area contributed by atoms with Crippen molar-refractivity contribution in [1.82, 2.24) is 15.0 Å². The normalized spacial score (nSPS) is 12.4. The van der Waals surface area contributed by atoms with E-state index in [1.54, 1.807) is 17.1 Å². The second-order valence-corrected chi connectivity index (χ2v) is 3.61. The third kappa shape index (κ3) is 3.02. The molecule has 17 heavy (non-hydrogen) atoms. The van der Waals surface area contributed by atoms with Crippen LogP contribution >= 0.6 is 0 Å². The summed E-state index contributed by atoms with van der Waals surface area (Å²) in [4.78, 5) is 0. The van der Waals surface area contributed by atoms with E-state index in [2.05, 4.69) is 15.6 Å². The van der Waals surface area contributed by atoms with Gasteiger partial charge in [-0.15, -0.1) is 5.10 Å². The van der Waals surface area contributed by atoms with Crippen LogP contribution in [0.25, 0.3) is 5.69 Å². The van der Waals surface area contributed by atoms with Crippen molar-refractivity contribution in [2.24, 2.45) is 0 Å². The summed E-state index contributed by atoms with van der Waals surface area (Å²) in [5.41, 5.74) is 1.79. The second-order valence-electron chi connectivity index (χ2n) is 3.61. The molecule has 90 valence electrons. The number of hydrogen-bond donors (Lipinski definition) is 3. The van der Waals surface area contributed by atoms with Gasteiger partial charge in [-0.25, -0.2) is 4.68 Å². The van der Waals surface area contributed by atoms with Gasteiger partial charge in [0.1, 0.15) is 0 Å². The van der Waals surface area contributed by atoms with Crippen LogP contribution < -0.4 is 5.32 Å². The van der Waals surface area contributed by atoms with Crippen LogP contribution in [0.4, 0.5) is 5.69 Å². The summed E-state index contributed by atoms with van der Waals surface area (Å²) in [6.07, 6.45) is 2.63. The SMILES string of the molecule is OCC(O)CNc1ccc(-n2ccnn2)cc1. The zero-order chi connectivity index (χ0) is 12.1. The molecule has 1 aromatic carbocycles. The highest BCUT2D eigenvalue weighted by atomic mass is 16.3. The van der Waals surface area contributed by atoms with Gasteiger partial charge in [0.15, 0.2) is 0 Å².